The number of nitrogens with one attached hydrogen (secondary N) is 2. The maximum Gasteiger partial charge on any atom is 0.267 e. The Morgan fingerprint density at radius 2 is 1.88 bits per heavy atom. The molecule has 2 aromatic rings. The van der Waals surface area contributed by atoms with Crippen molar-refractivity contribution >= 4 is 28.9 Å². The van der Waals surface area contributed by atoms with E-state index in [1.54, 1.807) is 42.5 Å². The number of anilines is 2. The predicted molar refractivity (Wildman–Crippen MR) is 96.9 cm³/mol. The zero-order valence-corrected chi connectivity index (χ0v) is 14.4. The van der Waals surface area contributed by atoms with Crippen LogP contribution >= 0.6 is 11.6 Å². The zero-order chi connectivity index (χ0) is 18.2. The molecular formula is C18H16ClN3O3. The van der Waals surface area contributed by atoms with Crippen molar-refractivity contribution in [3.8, 4) is 17.6 Å². The van der Waals surface area contributed by atoms with Gasteiger partial charge in [-0.2, -0.15) is 5.26 Å². The van der Waals surface area contributed by atoms with Crippen molar-refractivity contribution in [1.29, 1.82) is 5.26 Å². The fourth-order valence-electron chi connectivity index (χ4n) is 1.99. The average Bonchev–Trinajstić information content (AvgIpc) is 2.62. The average molecular weight is 358 g/mol. The Morgan fingerprint density at radius 1 is 1.12 bits per heavy atom. The molecule has 0 fully saturated rings. The third-order valence-electron chi connectivity index (χ3n) is 3.21. The van der Waals surface area contributed by atoms with Gasteiger partial charge in [-0.3, -0.25) is 4.79 Å². The lowest BCUT2D eigenvalue weighted by atomic mass is 10.2. The Labute approximate surface area is 150 Å². The van der Waals surface area contributed by atoms with Crippen molar-refractivity contribution in [2.45, 2.75) is 0 Å². The van der Waals surface area contributed by atoms with Crippen LogP contribution in [0.2, 0.25) is 5.02 Å². The van der Waals surface area contributed by atoms with Crippen LogP contribution in [0.3, 0.4) is 0 Å². The number of hydrogen-bond donors (Lipinski definition) is 2. The van der Waals surface area contributed by atoms with Crippen molar-refractivity contribution in [1.82, 2.24) is 0 Å². The van der Waals surface area contributed by atoms with Gasteiger partial charge in [0.25, 0.3) is 5.91 Å². The van der Waals surface area contributed by atoms with Crippen molar-refractivity contribution < 1.29 is 14.3 Å². The van der Waals surface area contributed by atoms with Crippen LogP contribution in [0.1, 0.15) is 0 Å². The van der Waals surface area contributed by atoms with Gasteiger partial charge in [-0.1, -0.05) is 17.7 Å². The molecule has 0 radical (unpaired) electrons. The van der Waals surface area contributed by atoms with Crippen molar-refractivity contribution in [2.75, 3.05) is 24.9 Å². The van der Waals surface area contributed by atoms with Gasteiger partial charge in [-0.05, 0) is 30.3 Å². The fraction of sp³-hybridized carbons (Fsp3) is 0.111. The van der Waals surface area contributed by atoms with E-state index in [1.807, 2.05) is 6.07 Å². The molecule has 1 amide bonds. The SMILES string of the molecule is COc1ccc(NC(=O)/C(C#N)=C\Nc2cccc(Cl)c2)cc1OC. The number of benzene rings is 2. The summed E-state index contributed by atoms with van der Waals surface area (Å²) < 4.78 is 10.3. The van der Waals surface area contributed by atoms with E-state index in [-0.39, 0.29) is 5.57 Å². The third kappa shape index (κ3) is 4.90. The predicted octanol–water partition coefficient (Wildman–Crippen LogP) is 3.82. The van der Waals surface area contributed by atoms with Crippen LogP contribution in [-0.2, 0) is 4.79 Å². The summed E-state index contributed by atoms with van der Waals surface area (Å²) in [7, 11) is 3.02. The number of amides is 1. The number of carbonyl (C=O) groups is 1. The second kappa shape index (κ2) is 8.62. The van der Waals surface area contributed by atoms with E-state index in [9.17, 15) is 10.1 Å². The molecule has 0 atom stereocenters. The molecular weight excluding hydrogens is 342 g/mol. The molecule has 25 heavy (non-hydrogen) atoms. The van der Waals surface area contributed by atoms with Gasteiger partial charge < -0.3 is 20.1 Å². The monoisotopic (exact) mass is 357 g/mol. The van der Waals surface area contributed by atoms with E-state index in [0.29, 0.717) is 27.9 Å². The highest BCUT2D eigenvalue weighted by Crippen LogP contribution is 2.29. The maximum absolute atomic E-state index is 12.2. The van der Waals surface area contributed by atoms with Crippen molar-refractivity contribution in [3.05, 3.63) is 59.3 Å². The molecule has 0 unspecified atom stereocenters. The molecule has 0 aromatic heterocycles. The number of carbonyl (C=O) groups excluding carboxylic acids is 1. The van der Waals surface area contributed by atoms with Gasteiger partial charge in [0.05, 0.1) is 14.2 Å². The minimum Gasteiger partial charge on any atom is -0.493 e. The summed E-state index contributed by atoms with van der Waals surface area (Å²) in [5, 5.41) is 15.3. The van der Waals surface area contributed by atoms with Gasteiger partial charge in [0.1, 0.15) is 11.6 Å². The Balaban J connectivity index is 2.12. The summed E-state index contributed by atoms with van der Waals surface area (Å²) in [5.74, 6) is 0.461. The van der Waals surface area contributed by atoms with Gasteiger partial charge >= 0.3 is 0 Å². The molecule has 2 rings (SSSR count). The summed E-state index contributed by atoms with van der Waals surface area (Å²) in [6.07, 6.45) is 1.32. The van der Waals surface area contributed by atoms with Gasteiger partial charge in [0.2, 0.25) is 0 Å². The number of nitriles is 1. The second-order valence-electron chi connectivity index (χ2n) is 4.85. The van der Waals surface area contributed by atoms with Crippen molar-refractivity contribution in [3.63, 3.8) is 0 Å². The standard InChI is InChI=1S/C18H16ClN3O3/c1-24-16-7-6-15(9-17(16)25-2)22-18(23)12(10-20)11-21-14-5-3-4-13(19)8-14/h3-9,11,21H,1-2H3,(H,22,23)/b12-11-. The first-order valence-corrected chi connectivity index (χ1v) is 7.61. The molecule has 7 heteroatoms. The van der Waals surface area contributed by atoms with E-state index in [1.165, 1.54) is 20.4 Å². The second-order valence-corrected chi connectivity index (χ2v) is 5.28. The highest BCUT2D eigenvalue weighted by molar-refractivity contribution is 6.30. The van der Waals surface area contributed by atoms with Gasteiger partial charge in [0.15, 0.2) is 11.5 Å². The van der Waals surface area contributed by atoms with E-state index in [0.717, 1.165) is 0 Å². The molecule has 0 aliphatic carbocycles. The molecule has 0 spiro atoms. The fourth-order valence-corrected chi connectivity index (χ4v) is 2.19. The molecule has 6 nitrogen and oxygen atoms in total. The Kier molecular flexibility index (Phi) is 6.26. The quantitative estimate of drug-likeness (QED) is 0.606. The molecule has 0 aliphatic heterocycles. The third-order valence-corrected chi connectivity index (χ3v) is 3.45. The minimum absolute atomic E-state index is 0.0882. The largest absolute Gasteiger partial charge is 0.493 e. The minimum atomic E-state index is -0.552. The van der Waals surface area contributed by atoms with Gasteiger partial charge in [-0.15, -0.1) is 0 Å². The van der Waals surface area contributed by atoms with E-state index < -0.39 is 5.91 Å². The summed E-state index contributed by atoms with van der Waals surface area (Å²) in [4.78, 5) is 12.2. The lowest BCUT2D eigenvalue weighted by Crippen LogP contribution is -2.14. The Morgan fingerprint density at radius 3 is 2.52 bits per heavy atom. The van der Waals surface area contributed by atoms with Crippen molar-refractivity contribution in [2.24, 2.45) is 0 Å². The van der Waals surface area contributed by atoms with E-state index in [2.05, 4.69) is 10.6 Å². The lowest BCUT2D eigenvalue weighted by molar-refractivity contribution is -0.112. The molecule has 0 bridgehead atoms. The normalized spacial score (nSPS) is 10.6. The summed E-state index contributed by atoms with van der Waals surface area (Å²) in [6, 6.07) is 13.7. The van der Waals surface area contributed by atoms with Crippen LogP contribution in [0.25, 0.3) is 0 Å². The first-order chi connectivity index (χ1) is 12.1. The van der Waals surface area contributed by atoms with Crippen LogP contribution in [0.5, 0.6) is 11.5 Å². The van der Waals surface area contributed by atoms with Crippen LogP contribution < -0.4 is 20.1 Å². The Bertz CT molecular complexity index is 844. The highest BCUT2D eigenvalue weighted by Gasteiger charge is 2.11. The number of halogens is 1. The number of rotatable bonds is 6. The van der Waals surface area contributed by atoms with E-state index >= 15 is 0 Å². The number of nitrogens with zero attached hydrogens (tertiary/aromatic N) is 1. The summed E-state index contributed by atoms with van der Waals surface area (Å²) >= 11 is 5.89. The topological polar surface area (TPSA) is 83.4 Å². The van der Waals surface area contributed by atoms with Crippen LogP contribution in [-0.4, -0.2) is 20.1 Å². The lowest BCUT2D eigenvalue weighted by Gasteiger charge is -2.10. The first-order valence-electron chi connectivity index (χ1n) is 7.23. The van der Waals surface area contributed by atoms with Crippen LogP contribution in [0.4, 0.5) is 11.4 Å². The number of ether oxygens (including phenoxy) is 2. The van der Waals surface area contributed by atoms with Gasteiger partial charge in [-0.25, -0.2) is 0 Å². The number of hydrogen-bond acceptors (Lipinski definition) is 5. The zero-order valence-electron chi connectivity index (χ0n) is 13.7. The maximum atomic E-state index is 12.2. The van der Waals surface area contributed by atoms with Crippen LogP contribution in [0.15, 0.2) is 54.2 Å². The van der Waals surface area contributed by atoms with Crippen LogP contribution in [0, 0.1) is 11.3 Å². The molecule has 0 aliphatic rings. The molecule has 0 heterocycles. The summed E-state index contributed by atoms with van der Waals surface area (Å²) in [5.41, 5.74) is 1.06. The number of methoxy groups -OCH3 is 2. The smallest absolute Gasteiger partial charge is 0.267 e. The Hall–Kier alpha value is -3.17. The molecule has 0 saturated carbocycles. The summed E-state index contributed by atoms with van der Waals surface area (Å²) in [6.45, 7) is 0. The van der Waals surface area contributed by atoms with E-state index in [4.69, 9.17) is 21.1 Å². The highest BCUT2D eigenvalue weighted by atomic mass is 35.5. The van der Waals surface area contributed by atoms with Gasteiger partial charge in [0, 0.05) is 28.7 Å². The molecule has 2 N–H and O–H groups in total. The molecule has 128 valence electrons. The molecule has 2 aromatic carbocycles. The first kappa shape index (κ1) is 18.2. The molecule has 0 saturated heterocycles.